The van der Waals surface area contributed by atoms with E-state index < -0.39 is 0 Å². The van der Waals surface area contributed by atoms with E-state index in [1.54, 1.807) is 5.56 Å². The number of hydrogen-bond donors (Lipinski definition) is 2. The Hall–Kier alpha value is -1.28. The van der Waals surface area contributed by atoms with Crippen LogP contribution in [0.15, 0.2) is 30.5 Å². The Morgan fingerprint density at radius 1 is 1.18 bits per heavy atom. The fraction of sp³-hybridized carbons (Fsp3) is 0.467. The van der Waals surface area contributed by atoms with Crippen molar-refractivity contribution in [3.8, 4) is 0 Å². The van der Waals surface area contributed by atoms with E-state index in [9.17, 15) is 0 Å². The molecule has 1 saturated carbocycles. The molecular weight excluding hydrogens is 208 g/mol. The molecule has 2 nitrogen and oxygen atoms in total. The summed E-state index contributed by atoms with van der Waals surface area (Å²) in [5, 5.41) is 4.87. The van der Waals surface area contributed by atoms with Gasteiger partial charge in [-0.05, 0) is 42.2 Å². The van der Waals surface area contributed by atoms with E-state index in [0.29, 0.717) is 5.41 Å². The maximum Gasteiger partial charge on any atom is 0.0456 e. The minimum atomic E-state index is 0.642. The highest BCUT2D eigenvalue weighted by Gasteiger charge is 2.44. The van der Waals surface area contributed by atoms with Crippen molar-refractivity contribution in [2.45, 2.75) is 25.2 Å². The Kier molecular flexibility index (Phi) is 1.92. The summed E-state index contributed by atoms with van der Waals surface area (Å²) in [5.41, 5.74) is 3.47. The normalized spacial score (nSPS) is 26.5. The predicted molar refractivity (Wildman–Crippen MR) is 70.2 cm³/mol. The van der Waals surface area contributed by atoms with Gasteiger partial charge in [0.25, 0.3) is 0 Å². The summed E-state index contributed by atoms with van der Waals surface area (Å²) in [6, 6.07) is 8.68. The lowest BCUT2D eigenvalue weighted by Gasteiger charge is -2.39. The van der Waals surface area contributed by atoms with Gasteiger partial charge in [0.05, 0.1) is 0 Å². The van der Waals surface area contributed by atoms with Crippen LogP contribution in [-0.2, 0) is 0 Å². The molecule has 4 rings (SSSR count). The summed E-state index contributed by atoms with van der Waals surface area (Å²) >= 11 is 0. The van der Waals surface area contributed by atoms with Crippen LogP contribution in [0.3, 0.4) is 0 Å². The summed E-state index contributed by atoms with van der Waals surface area (Å²) in [6.07, 6.45) is 6.38. The second-order valence-corrected chi connectivity index (χ2v) is 5.83. The maximum atomic E-state index is 3.44. The van der Waals surface area contributed by atoms with Gasteiger partial charge in [0, 0.05) is 30.2 Å². The zero-order valence-electron chi connectivity index (χ0n) is 10.00. The fourth-order valence-corrected chi connectivity index (χ4v) is 3.70. The molecule has 1 aromatic heterocycles. The van der Waals surface area contributed by atoms with Gasteiger partial charge >= 0.3 is 0 Å². The summed E-state index contributed by atoms with van der Waals surface area (Å²) in [6.45, 7) is 2.48. The Morgan fingerprint density at radius 3 is 2.82 bits per heavy atom. The van der Waals surface area contributed by atoms with Gasteiger partial charge in [0.15, 0.2) is 0 Å². The lowest BCUT2D eigenvalue weighted by molar-refractivity contribution is 0.175. The third kappa shape index (κ3) is 1.37. The first-order chi connectivity index (χ1) is 8.36. The minimum absolute atomic E-state index is 0.642. The summed E-state index contributed by atoms with van der Waals surface area (Å²) in [5.74, 6) is 0.772. The van der Waals surface area contributed by atoms with Crippen molar-refractivity contribution in [1.82, 2.24) is 10.3 Å². The number of hydrogen-bond acceptors (Lipinski definition) is 1. The number of aromatic nitrogens is 1. The first kappa shape index (κ1) is 9.72. The van der Waals surface area contributed by atoms with Gasteiger partial charge in [0.2, 0.25) is 0 Å². The van der Waals surface area contributed by atoms with Gasteiger partial charge in [0.1, 0.15) is 0 Å². The Morgan fingerprint density at radius 2 is 2.06 bits per heavy atom. The highest BCUT2D eigenvalue weighted by atomic mass is 15.0. The van der Waals surface area contributed by atoms with Gasteiger partial charge in [-0.25, -0.2) is 0 Å². The first-order valence-corrected chi connectivity index (χ1v) is 6.63. The van der Waals surface area contributed by atoms with Crippen molar-refractivity contribution in [2.24, 2.45) is 5.41 Å². The topological polar surface area (TPSA) is 27.8 Å². The average molecular weight is 226 g/mol. The molecule has 1 aromatic carbocycles. The summed E-state index contributed by atoms with van der Waals surface area (Å²) in [4.78, 5) is 3.41. The molecule has 2 aliphatic rings. The van der Waals surface area contributed by atoms with Crippen LogP contribution in [0.1, 0.15) is 30.7 Å². The number of benzene rings is 1. The second-order valence-electron chi connectivity index (χ2n) is 5.83. The molecule has 1 atom stereocenters. The molecule has 0 bridgehead atoms. The van der Waals surface area contributed by atoms with E-state index >= 15 is 0 Å². The molecule has 0 amide bonds. The van der Waals surface area contributed by atoms with Crippen molar-refractivity contribution in [1.29, 1.82) is 0 Å². The Bertz CT molecular complexity index is 551. The molecule has 2 N–H and O–H groups in total. The van der Waals surface area contributed by atoms with Gasteiger partial charge in [-0.15, -0.1) is 0 Å². The monoisotopic (exact) mass is 226 g/mol. The van der Waals surface area contributed by atoms with Crippen LogP contribution in [0.5, 0.6) is 0 Å². The Balaban J connectivity index is 1.71. The van der Waals surface area contributed by atoms with Crippen LogP contribution in [0.25, 0.3) is 10.9 Å². The summed E-state index contributed by atoms with van der Waals surface area (Å²) in [7, 11) is 0. The number of rotatable bonds is 1. The number of nitrogens with one attached hydrogen (secondary N) is 2. The van der Waals surface area contributed by atoms with E-state index in [1.165, 1.54) is 43.3 Å². The number of aromatic amines is 1. The molecule has 1 saturated heterocycles. The number of fused-ring (bicyclic) bond motifs is 1. The zero-order valence-corrected chi connectivity index (χ0v) is 10.00. The van der Waals surface area contributed by atoms with E-state index in [4.69, 9.17) is 0 Å². The molecule has 2 heteroatoms. The zero-order chi connectivity index (χ0) is 11.3. The standard InChI is InChI=1S/C15H18N2/c1-2-4-14-12(3-1)13(8-17-14)11-5-6-15(7-11)9-16-10-15/h1-4,8,11,16-17H,5-7,9-10H2. The second kappa shape index (κ2) is 3.36. The minimum Gasteiger partial charge on any atom is -0.361 e. The molecule has 2 fully saturated rings. The maximum absolute atomic E-state index is 3.44. The average Bonchev–Trinajstić information content (AvgIpc) is 2.92. The van der Waals surface area contributed by atoms with Crippen LogP contribution in [-0.4, -0.2) is 18.1 Å². The third-order valence-corrected chi connectivity index (χ3v) is 4.76. The van der Waals surface area contributed by atoms with E-state index in [1.807, 2.05) is 0 Å². The Labute approximate surface area is 101 Å². The molecule has 1 spiro atoms. The van der Waals surface area contributed by atoms with Gasteiger partial charge in [-0.3, -0.25) is 0 Å². The highest BCUT2D eigenvalue weighted by molar-refractivity contribution is 5.83. The van der Waals surface area contributed by atoms with Crippen LogP contribution in [0, 0.1) is 5.41 Å². The van der Waals surface area contributed by atoms with Crippen LogP contribution in [0.4, 0.5) is 0 Å². The van der Waals surface area contributed by atoms with Crippen LogP contribution in [0.2, 0.25) is 0 Å². The predicted octanol–water partition coefficient (Wildman–Crippen LogP) is 3.03. The van der Waals surface area contributed by atoms with Crippen LogP contribution >= 0.6 is 0 Å². The molecular formula is C15H18N2. The fourth-order valence-electron chi connectivity index (χ4n) is 3.70. The quantitative estimate of drug-likeness (QED) is 0.768. The number of H-pyrrole nitrogens is 1. The molecule has 2 aromatic rings. The van der Waals surface area contributed by atoms with Crippen molar-refractivity contribution < 1.29 is 0 Å². The van der Waals surface area contributed by atoms with Crippen molar-refractivity contribution in [3.05, 3.63) is 36.0 Å². The van der Waals surface area contributed by atoms with Crippen LogP contribution < -0.4 is 5.32 Å². The number of para-hydroxylation sites is 1. The molecule has 1 aliphatic carbocycles. The molecule has 1 aliphatic heterocycles. The molecule has 2 heterocycles. The van der Waals surface area contributed by atoms with Gasteiger partial charge in [-0.2, -0.15) is 0 Å². The molecule has 0 radical (unpaired) electrons. The molecule has 17 heavy (non-hydrogen) atoms. The third-order valence-electron chi connectivity index (χ3n) is 4.76. The molecule has 88 valence electrons. The smallest absolute Gasteiger partial charge is 0.0456 e. The molecule has 1 unspecified atom stereocenters. The first-order valence-electron chi connectivity index (χ1n) is 6.63. The van der Waals surface area contributed by atoms with E-state index in [-0.39, 0.29) is 0 Å². The SMILES string of the molecule is c1ccc2c(C3CCC4(CNC4)C3)c[nH]c2c1. The van der Waals surface area contributed by atoms with Gasteiger partial charge < -0.3 is 10.3 Å². The van der Waals surface area contributed by atoms with E-state index in [0.717, 1.165) is 5.92 Å². The highest BCUT2D eigenvalue weighted by Crippen LogP contribution is 2.49. The summed E-state index contributed by atoms with van der Waals surface area (Å²) < 4.78 is 0. The van der Waals surface area contributed by atoms with E-state index in [2.05, 4.69) is 40.8 Å². The van der Waals surface area contributed by atoms with Crippen molar-refractivity contribution in [2.75, 3.05) is 13.1 Å². The van der Waals surface area contributed by atoms with Crippen molar-refractivity contribution >= 4 is 10.9 Å². The lowest BCUT2D eigenvalue weighted by atomic mass is 9.79. The van der Waals surface area contributed by atoms with Crippen molar-refractivity contribution in [3.63, 3.8) is 0 Å². The van der Waals surface area contributed by atoms with Gasteiger partial charge in [-0.1, -0.05) is 18.2 Å². The largest absolute Gasteiger partial charge is 0.361 e. The lowest BCUT2D eigenvalue weighted by Crippen LogP contribution is -2.51.